The van der Waals surface area contributed by atoms with Crippen LogP contribution in [0.1, 0.15) is 40.5 Å². The van der Waals surface area contributed by atoms with Gasteiger partial charge in [-0.2, -0.15) is 0 Å². The summed E-state index contributed by atoms with van der Waals surface area (Å²) < 4.78 is 5.55. The third-order valence-electron chi connectivity index (χ3n) is 2.76. The summed E-state index contributed by atoms with van der Waals surface area (Å²) >= 11 is 0. The van der Waals surface area contributed by atoms with E-state index >= 15 is 0 Å². The maximum atomic E-state index is 12.1. The summed E-state index contributed by atoms with van der Waals surface area (Å²) in [6.07, 6.45) is 2.48. The molecule has 1 rings (SSSR count). The summed E-state index contributed by atoms with van der Waals surface area (Å²) in [5, 5.41) is 0. The Hall–Kier alpha value is -0.570. The van der Waals surface area contributed by atoms with E-state index in [1.807, 2.05) is 32.6 Å². The Morgan fingerprint density at radius 1 is 1.47 bits per heavy atom. The molecule has 0 radical (unpaired) electrons. The van der Waals surface area contributed by atoms with Crippen molar-refractivity contribution in [1.82, 2.24) is 4.90 Å². The molecule has 0 spiro atoms. The van der Waals surface area contributed by atoms with Gasteiger partial charge in [0, 0.05) is 25.1 Å². The van der Waals surface area contributed by atoms with Gasteiger partial charge in [0.15, 0.2) is 0 Å². The number of ether oxygens (including phenoxy) is 1. The number of amides is 1. The molecule has 1 heterocycles. The van der Waals surface area contributed by atoms with Crippen molar-refractivity contribution in [1.29, 1.82) is 0 Å². The van der Waals surface area contributed by atoms with E-state index in [2.05, 4.69) is 0 Å². The molecule has 0 N–H and O–H groups in total. The summed E-state index contributed by atoms with van der Waals surface area (Å²) in [6, 6.07) is 0. The first-order valence-corrected chi connectivity index (χ1v) is 5.86. The smallest absolute Gasteiger partial charge is 0.228 e. The van der Waals surface area contributed by atoms with Gasteiger partial charge in [0.25, 0.3) is 0 Å². The van der Waals surface area contributed by atoms with E-state index in [0.29, 0.717) is 0 Å². The highest BCUT2D eigenvalue weighted by Gasteiger charge is 2.28. The van der Waals surface area contributed by atoms with E-state index in [-0.39, 0.29) is 17.4 Å². The van der Waals surface area contributed by atoms with Gasteiger partial charge in [-0.25, -0.2) is 0 Å². The first kappa shape index (κ1) is 12.5. The maximum absolute atomic E-state index is 12.1. The van der Waals surface area contributed by atoms with Gasteiger partial charge in [-0.15, -0.1) is 0 Å². The number of hydrogen-bond donors (Lipinski definition) is 0. The molecule has 0 saturated carbocycles. The first-order chi connectivity index (χ1) is 6.95. The van der Waals surface area contributed by atoms with Gasteiger partial charge in [-0.1, -0.05) is 20.8 Å². The third kappa shape index (κ3) is 3.49. The van der Waals surface area contributed by atoms with E-state index in [9.17, 15) is 4.79 Å². The highest BCUT2D eigenvalue weighted by Crippen LogP contribution is 2.20. The molecular weight excluding hydrogens is 190 g/mol. The molecule has 1 fully saturated rings. The van der Waals surface area contributed by atoms with Crippen molar-refractivity contribution in [3.8, 4) is 0 Å². The SMILES string of the molecule is CCN(CC1CCCO1)C(=O)C(C)(C)C. The van der Waals surface area contributed by atoms with Gasteiger partial charge in [0.1, 0.15) is 0 Å². The average Bonchev–Trinajstić information content (AvgIpc) is 2.64. The lowest BCUT2D eigenvalue weighted by atomic mass is 9.94. The predicted octanol–water partition coefficient (Wildman–Crippen LogP) is 2.06. The van der Waals surface area contributed by atoms with Crippen molar-refractivity contribution in [2.24, 2.45) is 5.41 Å². The van der Waals surface area contributed by atoms with Crippen LogP contribution in [0.3, 0.4) is 0 Å². The Labute approximate surface area is 92.8 Å². The minimum atomic E-state index is -0.283. The molecule has 0 aromatic heterocycles. The normalized spacial score (nSPS) is 21.7. The van der Waals surface area contributed by atoms with Crippen LogP contribution in [0, 0.1) is 5.41 Å². The topological polar surface area (TPSA) is 29.5 Å². The van der Waals surface area contributed by atoms with Crippen LogP contribution in [0.4, 0.5) is 0 Å². The van der Waals surface area contributed by atoms with Crippen LogP contribution in [-0.2, 0) is 9.53 Å². The van der Waals surface area contributed by atoms with E-state index < -0.39 is 0 Å². The van der Waals surface area contributed by atoms with E-state index in [1.54, 1.807) is 0 Å². The van der Waals surface area contributed by atoms with Gasteiger partial charge in [-0.05, 0) is 19.8 Å². The molecule has 1 aliphatic rings. The zero-order valence-corrected chi connectivity index (χ0v) is 10.4. The number of nitrogens with zero attached hydrogens (tertiary/aromatic N) is 1. The van der Waals surface area contributed by atoms with Crippen LogP contribution in [0.25, 0.3) is 0 Å². The summed E-state index contributed by atoms with van der Waals surface area (Å²) in [5.41, 5.74) is -0.283. The van der Waals surface area contributed by atoms with Crippen molar-refractivity contribution in [2.45, 2.75) is 46.6 Å². The number of carbonyl (C=O) groups excluding carboxylic acids is 1. The largest absolute Gasteiger partial charge is 0.376 e. The van der Waals surface area contributed by atoms with Crippen molar-refractivity contribution < 1.29 is 9.53 Å². The Balaban J connectivity index is 2.51. The van der Waals surface area contributed by atoms with Gasteiger partial charge in [-0.3, -0.25) is 4.79 Å². The summed E-state index contributed by atoms with van der Waals surface area (Å²) in [4.78, 5) is 14.0. The molecule has 1 saturated heterocycles. The fourth-order valence-electron chi connectivity index (χ4n) is 1.86. The minimum absolute atomic E-state index is 0.223. The molecule has 15 heavy (non-hydrogen) atoms. The number of rotatable bonds is 3. The van der Waals surface area contributed by atoms with Gasteiger partial charge < -0.3 is 9.64 Å². The number of likely N-dealkylation sites (N-methyl/N-ethyl adjacent to an activating group) is 1. The summed E-state index contributed by atoms with van der Waals surface area (Å²) in [7, 11) is 0. The Morgan fingerprint density at radius 2 is 2.13 bits per heavy atom. The molecule has 0 aromatic rings. The molecule has 0 aromatic carbocycles. The molecule has 0 aliphatic carbocycles. The average molecular weight is 213 g/mol. The Morgan fingerprint density at radius 3 is 2.53 bits per heavy atom. The molecule has 88 valence electrons. The third-order valence-corrected chi connectivity index (χ3v) is 2.76. The van der Waals surface area contributed by atoms with Crippen molar-refractivity contribution in [2.75, 3.05) is 19.7 Å². The van der Waals surface area contributed by atoms with Crippen LogP contribution >= 0.6 is 0 Å². The Bertz CT molecular complexity index is 214. The number of hydrogen-bond acceptors (Lipinski definition) is 2. The standard InChI is InChI=1S/C12H23NO2/c1-5-13(11(14)12(2,3)4)9-10-7-6-8-15-10/h10H,5-9H2,1-4H3. The highest BCUT2D eigenvalue weighted by molar-refractivity contribution is 5.81. The van der Waals surface area contributed by atoms with Gasteiger partial charge >= 0.3 is 0 Å². The van der Waals surface area contributed by atoms with E-state index in [4.69, 9.17) is 4.74 Å². The van der Waals surface area contributed by atoms with Gasteiger partial charge in [0.05, 0.1) is 6.10 Å². The zero-order valence-electron chi connectivity index (χ0n) is 10.4. The quantitative estimate of drug-likeness (QED) is 0.718. The lowest BCUT2D eigenvalue weighted by Crippen LogP contribution is -2.43. The van der Waals surface area contributed by atoms with Crippen LogP contribution in [-0.4, -0.2) is 36.6 Å². The lowest BCUT2D eigenvalue weighted by Gasteiger charge is -2.30. The predicted molar refractivity (Wildman–Crippen MR) is 60.7 cm³/mol. The second-order valence-corrected chi connectivity index (χ2v) is 5.23. The molecule has 1 unspecified atom stereocenters. The van der Waals surface area contributed by atoms with Crippen LogP contribution in [0.2, 0.25) is 0 Å². The molecule has 3 nitrogen and oxygen atoms in total. The van der Waals surface area contributed by atoms with Crippen LogP contribution in [0.15, 0.2) is 0 Å². The summed E-state index contributed by atoms with van der Waals surface area (Å²) in [6.45, 7) is 10.3. The van der Waals surface area contributed by atoms with Crippen molar-refractivity contribution in [3.05, 3.63) is 0 Å². The molecule has 1 atom stereocenters. The van der Waals surface area contributed by atoms with E-state index in [1.165, 1.54) is 0 Å². The molecule has 3 heteroatoms. The van der Waals surface area contributed by atoms with E-state index in [0.717, 1.165) is 32.5 Å². The van der Waals surface area contributed by atoms with Gasteiger partial charge in [0.2, 0.25) is 5.91 Å². The highest BCUT2D eigenvalue weighted by atomic mass is 16.5. The fraction of sp³-hybridized carbons (Fsp3) is 0.917. The molecule has 0 bridgehead atoms. The summed E-state index contributed by atoms with van der Waals surface area (Å²) in [5.74, 6) is 0.223. The molecular formula is C12H23NO2. The second kappa shape index (κ2) is 4.97. The number of carbonyl (C=O) groups is 1. The molecule has 1 amide bonds. The molecule has 1 aliphatic heterocycles. The Kier molecular flexibility index (Phi) is 4.14. The van der Waals surface area contributed by atoms with Crippen molar-refractivity contribution >= 4 is 5.91 Å². The second-order valence-electron chi connectivity index (χ2n) is 5.23. The van der Waals surface area contributed by atoms with Crippen molar-refractivity contribution in [3.63, 3.8) is 0 Å². The van der Waals surface area contributed by atoms with Crippen LogP contribution < -0.4 is 0 Å². The minimum Gasteiger partial charge on any atom is -0.376 e. The monoisotopic (exact) mass is 213 g/mol. The zero-order chi connectivity index (χ0) is 11.5. The lowest BCUT2D eigenvalue weighted by molar-refractivity contribution is -0.140. The maximum Gasteiger partial charge on any atom is 0.228 e. The van der Waals surface area contributed by atoms with Crippen LogP contribution in [0.5, 0.6) is 0 Å². The fourth-order valence-corrected chi connectivity index (χ4v) is 1.86. The first-order valence-electron chi connectivity index (χ1n) is 5.86.